The minimum absolute atomic E-state index is 0. The highest BCUT2D eigenvalue weighted by Gasteiger charge is 2.23. The van der Waals surface area contributed by atoms with Crippen LogP contribution in [-0.2, 0) is 0 Å². The number of halogens is 1. The maximum atomic E-state index is 12.8. The molecule has 1 aliphatic heterocycles. The second-order valence-electron chi connectivity index (χ2n) is 7.01. The van der Waals surface area contributed by atoms with E-state index in [4.69, 9.17) is 0 Å². The Morgan fingerprint density at radius 1 is 1.24 bits per heavy atom. The van der Waals surface area contributed by atoms with Gasteiger partial charge in [0, 0.05) is 29.2 Å². The van der Waals surface area contributed by atoms with Gasteiger partial charge in [-0.05, 0) is 70.8 Å². The normalized spacial score (nSPS) is 20.0. The van der Waals surface area contributed by atoms with Crippen molar-refractivity contribution in [2.24, 2.45) is 0 Å². The van der Waals surface area contributed by atoms with Crippen LogP contribution in [0.5, 0.6) is 0 Å². The van der Waals surface area contributed by atoms with Crippen molar-refractivity contribution in [2.45, 2.75) is 52.6 Å². The molecular weight excluding hydrogens is 334 g/mol. The number of aryl methyl sites for hydroxylation is 2. The van der Waals surface area contributed by atoms with Crippen LogP contribution in [0, 0.1) is 20.8 Å². The summed E-state index contributed by atoms with van der Waals surface area (Å²) in [5.74, 6) is 0.0427. The van der Waals surface area contributed by atoms with Crippen molar-refractivity contribution in [1.82, 2.24) is 15.2 Å². The molecule has 5 heteroatoms. The van der Waals surface area contributed by atoms with Crippen LogP contribution in [-0.4, -0.2) is 29.1 Å². The second-order valence-corrected chi connectivity index (χ2v) is 7.01. The number of amides is 1. The summed E-state index contributed by atoms with van der Waals surface area (Å²) in [4.78, 5) is 12.8. The number of carbonyl (C=O) groups is 1. The number of nitrogens with zero attached hydrogens (tertiary/aromatic N) is 1. The van der Waals surface area contributed by atoms with Crippen LogP contribution in [0.4, 0.5) is 0 Å². The van der Waals surface area contributed by atoms with Crippen molar-refractivity contribution in [2.75, 3.05) is 6.54 Å². The lowest BCUT2D eigenvalue weighted by Gasteiger charge is -2.28. The Morgan fingerprint density at radius 3 is 2.68 bits per heavy atom. The zero-order valence-electron chi connectivity index (χ0n) is 15.4. The van der Waals surface area contributed by atoms with Gasteiger partial charge < -0.3 is 15.2 Å². The number of nitrogens with one attached hydrogen (secondary N) is 2. The first-order valence-corrected chi connectivity index (χ1v) is 8.76. The maximum Gasteiger partial charge on any atom is 0.253 e. The van der Waals surface area contributed by atoms with Gasteiger partial charge in [-0.3, -0.25) is 4.79 Å². The molecule has 1 aromatic heterocycles. The molecule has 25 heavy (non-hydrogen) atoms. The van der Waals surface area contributed by atoms with Crippen molar-refractivity contribution >= 4 is 18.3 Å². The quantitative estimate of drug-likeness (QED) is 0.875. The van der Waals surface area contributed by atoms with Crippen LogP contribution in [0.1, 0.15) is 47.1 Å². The van der Waals surface area contributed by atoms with E-state index in [0.717, 1.165) is 42.0 Å². The lowest BCUT2D eigenvalue weighted by molar-refractivity contribution is 0.0925. The highest BCUT2D eigenvalue weighted by molar-refractivity contribution is 5.96. The van der Waals surface area contributed by atoms with E-state index in [1.54, 1.807) is 0 Å². The first kappa shape index (κ1) is 19.5. The number of piperidine rings is 1. The van der Waals surface area contributed by atoms with Gasteiger partial charge in [-0.2, -0.15) is 0 Å². The van der Waals surface area contributed by atoms with E-state index >= 15 is 0 Å². The Kier molecular flexibility index (Phi) is 6.31. The molecule has 136 valence electrons. The average molecular weight is 362 g/mol. The molecule has 0 spiro atoms. The van der Waals surface area contributed by atoms with E-state index in [-0.39, 0.29) is 24.4 Å². The maximum absolute atomic E-state index is 12.8. The monoisotopic (exact) mass is 361 g/mol. The summed E-state index contributed by atoms with van der Waals surface area (Å²) in [6.07, 6.45) is 1.98. The molecule has 2 heterocycles. The van der Waals surface area contributed by atoms with E-state index in [2.05, 4.69) is 60.2 Å². The molecule has 2 unspecified atom stereocenters. The molecule has 1 amide bonds. The summed E-state index contributed by atoms with van der Waals surface area (Å²) in [5, 5.41) is 6.64. The Morgan fingerprint density at radius 2 is 2.00 bits per heavy atom. The van der Waals surface area contributed by atoms with Gasteiger partial charge in [0.25, 0.3) is 5.91 Å². The van der Waals surface area contributed by atoms with Crippen LogP contribution < -0.4 is 10.6 Å². The van der Waals surface area contributed by atoms with Crippen molar-refractivity contribution < 1.29 is 4.79 Å². The zero-order chi connectivity index (χ0) is 17.3. The highest BCUT2D eigenvalue weighted by Crippen LogP contribution is 2.22. The fourth-order valence-corrected chi connectivity index (χ4v) is 3.68. The third kappa shape index (κ3) is 4.25. The van der Waals surface area contributed by atoms with Gasteiger partial charge in [0.1, 0.15) is 0 Å². The number of rotatable bonds is 3. The molecule has 0 aliphatic carbocycles. The molecule has 1 saturated heterocycles. The second kappa shape index (κ2) is 8.07. The van der Waals surface area contributed by atoms with Gasteiger partial charge >= 0.3 is 0 Å². The third-order valence-electron chi connectivity index (χ3n) is 4.89. The predicted octanol–water partition coefficient (Wildman–Crippen LogP) is 3.69. The highest BCUT2D eigenvalue weighted by atomic mass is 35.5. The largest absolute Gasteiger partial charge is 0.349 e. The molecule has 1 fully saturated rings. The molecule has 3 rings (SSSR count). The van der Waals surface area contributed by atoms with E-state index in [1.807, 2.05) is 13.0 Å². The zero-order valence-corrected chi connectivity index (χ0v) is 16.2. The van der Waals surface area contributed by atoms with Crippen LogP contribution in [0.2, 0.25) is 0 Å². The number of benzene rings is 1. The molecule has 0 saturated carbocycles. The van der Waals surface area contributed by atoms with Crippen LogP contribution in [0.25, 0.3) is 5.69 Å². The molecule has 2 aromatic rings. The minimum Gasteiger partial charge on any atom is -0.349 e. The molecular formula is C20H28ClN3O. The lowest BCUT2D eigenvalue weighted by atomic mass is 10.0. The Hall–Kier alpha value is -1.78. The van der Waals surface area contributed by atoms with E-state index in [0.29, 0.717) is 6.04 Å². The minimum atomic E-state index is 0. The topological polar surface area (TPSA) is 46.1 Å². The van der Waals surface area contributed by atoms with Crippen molar-refractivity contribution in [1.29, 1.82) is 0 Å². The number of hydrogen-bond acceptors (Lipinski definition) is 2. The van der Waals surface area contributed by atoms with Crippen molar-refractivity contribution in [3.05, 3.63) is 52.8 Å². The summed E-state index contributed by atoms with van der Waals surface area (Å²) in [5.41, 5.74) is 5.19. The Labute approximate surface area is 156 Å². The van der Waals surface area contributed by atoms with Crippen LogP contribution in [0.15, 0.2) is 30.3 Å². The molecule has 2 atom stereocenters. The lowest BCUT2D eigenvalue weighted by Crippen LogP contribution is -2.46. The standard InChI is InChI=1S/C20H27N3O.ClH/c1-13-6-5-7-18(10-13)23-15(3)12-19(16(23)4)20(24)22-17-8-9-21-14(2)11-17;/h5-7,10,12,14,17,21H,8-9,11H2,1-4H3,(H,22,24);1H. The number of aromatic nitrogens is 1. The van der Waals surface area contributed by atoms with E-state index in [1.165, 1.54) is 5.56 Å². The fraction of sp³-hybridized carbons (Fsp3) is 0.450. The van der Waals surface area contributed by atoms with E-state index in [9.17, 15) is 4.79 Å². The summed E-state index contributed by atoms with van der Waals surface area (Å²) in [6.45, 7) is 9.30. The molecule has 0 radical (unpaired) electrons. The van der Waals surface area contributed by atoms with Crippen LogP contribution in [0.3, 0.4) is 0 Å². The van der Waals surface area contributed by atoms with E-state index < -0.39 is 0 Å². The Bertz CT molecular complexity index is 753. The smallest absolute Gasteiger partial charge is 0.253 e. The first-order chi connectivity index (χ1) is 11.5. The first-order valence-electron chi connectivity index (χ1n) is 8.76. The van der Waals surface area contributed by atoms with Gasteiger partial charge in [0.05, 0.1) is 5.56 Å². The van der Waals surface area contributed by atoms with Crippen molar-refractivity contribution in [3.63, 3.8) is 0 Å². The predicted molar refractivity (Wildman–Crippen MR) is 105 cm³/mol. The molecule has 4 nitrogen and oxygen atoms in total. The molecule has 1 aromatic carbocycles. The Balaban J connectivity index is 0.00000225. The summed E-state index contributed by atoms with van der Waals surface area (Å²) < 4.78 is 2.16. The summed E-state index contributed by atoms with van der Waals surface area (Å²) >= 11 is 0. The summed E-state index contributed by atoms with van der Waals surface area (Å²) in [6, 6.07) is 11.1. The number of hydrogen-bond donors (Lipinski definition) is 2. The van der Waals surface area contributed by atoms with Crippen LogP contribution >= 0.6 is 12.4 Å². The van der Waals surface area contributed by atoms with Crippen molar-refractivity contribution in [3.8, 4) is 5.69 Å². The molecule has 2 N–H and O–H groups in total. The van der Waals surface area contributed by atoms with Gasteiger partial charge in [0.2, 0.25) is 0 Å². The molecule has 1 aliphatic rings. The van der Waals surface area contributed by atoms with Gasteiger partial charge in [-0.15, -0.1) is 12.4 Å². The average Bonchev–Trinajstić information content (AvgIpc) is 2.82. The molecule has 0 bridgehead atoms. The summed E-state index contributed by atoms with van der Waals surface area (Å²) in [7, 11) is 0. The van der Waals surface area contributed by atoms with Gasteiger partial charge in [-0.25, -0.2) is 0 Å². The third-order valence-corrected chi connectivity index (χ3v) is 4.89. The van der Waals surface area contributed by atoms with Gasteiger partial charge in [-0.1, -0.05) is 12.1 Å². The number of carbonyl (C=O) groups excluding carboxylic acids is 1. The fourth-order valence-electron chi connectivity index (χ4n) is 3.68. The SMILES string of the molecule is Cc1cccc(-n2c(C)cc(C(=O)NC3CCNC(C)C3)c2C)c1.Cl. The van der Waals surface area contributed by atoms with Gasteiger partial charge in [0.15, 0.2) is 0 Å².